The Hall–Kier alpha value is -2.84. The first-order valence-electron chi connectivity index (χ1n) is 22.4. The van der Waals surface area contributed by atoms with E-state index in [1.807, 2.05) is 0 Å². The van der Waals surface area contributed by atoms with Gasteiger partial charge < -0.3 is 20.1 Å². The second-order valence-electron chi connectivity index (χ2n) is 14.2. The van der Waals surface area contributed by atoms with Crippen LogP contribution in [-0.4, -0.2) is 49.9 Å². The largest absolute Gasteiger partial charge is 0.472 e. The molecule has 58 heavy (non-hydrogen) atoms. The lowest BCUT2D eigenvalue weighted by Gasteiger charge is -2.20. The van der Waals surface area contributed by atoms with Crippen molar-refractivity contribution < 1.29 is 32.8 Å². The zero-order valence-corrected chi connectivity index (χ0v) is 37.4. The summed E-state index contributed by atoms with van der Waals surface area (Å²) in [6.45, 7) is 4.61. The molecule has 0 fully saturated rings. The monoisotopic (exact) mass is 828 g/mol. The Morgan fingerprint density at radius 1 is 0.534 bits per heavy atom. The average Bonchev–Trinajstić information content (AvgIpc) is 3.21. The van der Waals surface area contributed by atoms with E-state index in [-0.39, 0.29) is 38.8 Å². The number of ether oxygens (including phenoxy) is 2. The third-order valence-electron chi connectivity index (χ3n) is 8.67. The molecule has 0 bridgehead atoms. The number of allylic oxidation sites excluding steroid dienone is 18. The highest BCUT2D eigenvalue weighted by molar-refractivity contribution is 7.47. The number of phosphoric ester groups is 1. The summed E-state index contributed by atoms with van der Waals surface area (Å²) in [5.41, 5.74) is 5.37. The molecule has 2 unspecified atom stereocenters. The maximum absolute atomic E-state index is 12.6. The van der Waals surface area contributed by atoms with Gasteiger partial charge in [0, 0.05) is 19.6 Å². The predicted molar refractivity (Wildman–Crippen MR) is 247 cm³/mol. The second-order valence-corrected chi connectivity index (χ2v) is 15.6. The van der Waals surface area contributed by atoms with Crippen molar-refractivity contribution in [1.82, 2.24) is 0 Å². The fraction of sp³-hybridized carbons (Fsp3) is 0.612. The first-order valence-corrected chi connectivity index (χ1v) is 23.9. The Morgan fingerprint density at radius 2 is 0.966 bits per heavy atom. The molecule has 330 valence electrons. The summed E-state index contributed by atoms with van der Waals surface area (Å²) in [6, 6.07) is 0. The first-order chi connectivity index (χ1) is 28.4. The van der Waals surface area contributed by atoms with Crippen molar-refractivity contribution >= 4 is 13.8 Å². The van der Waals surface area contributed by atoms with Crippen LogP contribution in [0.1, 0.15) is 155 Å². The minimum absolute atomic E-state index is 0.0727. The highest BCUT2D eigenvalue weighted by Crippen LogP contribution is 2.43. The number of nitrogens with two attached hydrogens (primary N) is 1. The van der Waals surface area contributed by atoms with Gasteiger partial charge in [0.1, 0.15) is 6.10 Å². The molecule has 0 aliphatic carbocycles. The zero-order valence-electron chi connectivity index (χ0n) is 36.5. The number of rotatable bonds is 41. The van der Waals surface area contributed by atoms with Crippen molar-refractivity contribution in [2.75, 3.05) is 33.0 Å². The van der Waals surface area contributed by atoms with Crippen LogP contribution in [0.3, 0.4) is 0 Å². The van der Waals surface area contributed by atoms with Gasteiger partial charge in [-0.2, -0.15) is 0 Å². The lowest BCUT2D eigenvalue weighted by Crippen LogP contribution is -2.28. The van der Waals surface area contributed by atoms with Gasteiger partial charge >= 0.3 is 13.8 Å². The molecule has 0 saturated carbocycles. The molecule has 0 aromatic carbocycles. The van der Waals surface area contributed by atoms with E-state index in [4.69, 9.17) is 24.3 Å². The van der Waals surface area contributed by atoms with Crippen molar-refractivity contribution in [2.45, 2.75) is 161 Å². The molecule has 2 atom stereocenters. The van der Waals surface area contributed by atoms with Gasteiger partial charge in [-0.1, -0.05) is 155 Å². The van der Waals surface area contributed by atoms with E-state index in [0.717, 1.165) is 109 Å². The zero-order chi connectivity index (χ0) is 42.3. The normalized spacial score (nSPS) is 14.5. The van der Waals surface area contributed by atoms with Crippen LogP contribution in [0.15, 0.2) is 109 Å². The van der Waals surface area contributed by atoms with Crippen LogP contribution in [-0.2, 0) is 27.9 Å². The van der Waals surface area contributed by atoms with Gasteiger partial charge in [0.05, 0.1) is 19.8 Å². The van der Waals surface area contributed by atoms with Gasteiger partial charge in [0.15, 0.2) is 0 Å². The van der Waals surface area contributed by atoms with Crippen LogP contribution in [0.2, 0.25) is 0 Å². The van der Waals surface area contributed by atoms with Crippen LogP contribution < -0.4 is 5.73 Å². The topological polar surface area (TPSA) is 117 Å². The standard InChI is InChI=1S/C49H82NO7P/c1-3-5-7-9-11-13-15-17-19-20-21-22-23-24-25-26-27-29-31-33-35-37-39-41-44-54-46-48(47-56-58(52,53)55-45-43-50)57-49(51)42-40-38-36-34-32-30-28-18-16-14-12-10-8-6-4-2/h5,7,11-14,17-19,21-22,24-25,27-29,33,35,48H,3-4,6,8-10,15-16,20,23,26,30-32,34,36-47,50H2,1-2H3,(H,52,53)/b7-5-,13-11-,14-12-,19-17-,22-21-,25-24-,28-18-,29-27-,35-33-. The molecular weight excluding hydrogens is 746 g/mol. The molecule has 0 amide bonds. The van der Waals surface area contributed by atoms with Gasteiger partial charge in [-0.15, -0.1) is 0 Å². The lowest BCUT2D eigenvalue weighted by molar-refractivity contribution is -0.154. The molecule has 3 N–H and O–H groups in total. The number of hydrogen-bond acceptors (Lipinski definition) is 7. The molecule has 8 nitrogen and oxygen atoms in total. The molecule has 0 rings (SSSR count). The summed E-state index contributed by atoms with van der Waals surface area (Å²) in [5.74, 6) is -0.365. The van der Waals surface area contributed by atoms with E-state index < -0.39 is 13.9 Å². The molecule has 9 heteroatoms. The quantitative estimate of drug-likeness (QED) is 0.0271. The van der Waals surface area contributed by atoms with E-state index in [9.17, 15) is 14.3 Å². The van der Waals surface area contributed by atoms with Gasteiger partial charge in [-0.3, -0.25) is 13.8 Å². The highest BCUT2D eigenvalue weighted by Gasteiger charge is 2.25. The summed E-state index contributed by atoms with van der Waals surface area (Å²) < 4.78 is 33.4. The fourth-order valence-electron chi connectivity index (χ4n) is 5.42. The Morgan fingerprint density at radius 3 is 1.45 bits per heavy atom. The molecular formula is C49H82NO7P. The SMILES string of the molecule is CC/C=C\C/C=C\C/C=C\C/C=C\C/C=C\C/C=C\C/C=C\CCCCOCC(COP(=O)(O)OCCN)OC(=O)CCCCCCC/C=C\C/C=C\CCCCC. The average molecular weight is 828 g/mol. The fourth-order valence-corrected chi connectivity index (χ4v) is 6.18. The molecule has 0 radical (unpaired) electrons. The Bertz CT molecular complexity index is 1250. The maximum atomic E-state index is 12.6. The third-order valence-corrected chi connectivity index (χ3v) is 9.66. The summed E-state index contributed by atoms with van der Waals surface area (Å²) in [7, 11) is -4.30. The Kier molecular flexibility index (Phi) is 43.0. The highest BCUT2D eigenvalue weighted by atomic mass is 31.2. The molecule has 0 aliphatic rings. The van der Waals surface area contributed by atoms with Gasteiger partial charge in [0.25, 0.3) is 0 Å². The third kappa shape index (κ3) is 44.3. The lowest BCUT2D eigenvalue weighted by atomic mass is 10.1. The van der Waals surface area contributed by atoms with Crippen molar-refractivity contribution in [1.29, 1.82) is 0 Å². The Labute approximate surface area is 354 Å². The molecule has 0 heterocycles. The van der Waals surface area contributed by atoms with E-state index in [0.29, 0.717) is 6.61 Å². The van der Waals surface area contributed by atoms with Gasteiger partial charge in [-0.05, 0) is 103 Å². The summed E-state index contributed by atoms with van der Waals surface area (Å²) in [5, 5.41) is 0. The summed E-state index contributed by atoms with van der Waals surface area (Å²) >= 11 is 0. The predicted octanol–water partition coefficient (Wildman–Crippen LogP) is 13.6. The number of carbonyl (C=O) groups is 1. The van der Waals surface area contributed by atoms with Crippen LogP contribution in [0, 0.1) is 0 Å². The molecule has 0 aromatic rings. The number of carbonyl (C=O) groups excluding carboxylic acids is 1. The van der Waals surface area contributed by atoms with Crippen molar-refractivity contribution in [3.8, 4) is 0 Å². The number of unbranched alkanes of at least 4 members (excludes halogenated alkanes) is 10. The van der Waals surface area contributed by atoms with E-state index in [1.54, 1.807) is 0 Å². The van der Waals surface area contributed by atoms with E-state index >= 15 is 0 Å². The smallest absolute Gasteiger partial charge is 0.457 e. The molecule has 0 aromatic heterocycles. The maximum Gasteiger partial charge on any atom is 0.472 e. The van der Waals surface area contributed by atoms with Crippen LogP contribution in [0.5, 0.6) is 0 Å². The second kappa shape index (κ2) is 45.2. The first kappa shape index (κ1) is 55.2. The minimum Gasteiger partial charge on any atom is -0.457 e. The number of phosphoric acid groups is 1. The summed E-state index contributed by atoms with van der Waals surface area (Å²) in [4.78, 5) is 22.5. The number of hydrogen-bond donors (Lipinski definition) is 2. The Balaban J connectivity index is 4.17. The van der Waals surface area contributed by atoms with Crippen LogP contribution in [0.25, 0.3) is 0 Å². The van der Waals surface area contributed by atoms with Gasteiger partial charge in [0.2, 0.25) is 0 Å². The summed E-state index contributed by atoms with van der Waals surface area (Å²) in [6.07, 6.45) is 61.1. The van der Waals surface area contributed by atoms with E-state index in [2.05, 4.69) is 123 Å². The minimum atomic E-state index is -4.30. The molecule has 0 aliphatic heterocycles. The van der Waals surface area contributed by atoms with Crippen molar-refractivity contribution in [3.63, 3.8) is 0 Å². The van der Waals surface area contributed by atoms with Crippen LogP contribution >= 0.6 is 7.82 Å². The van der Waals surface area contributed by atoms with Gasteiger partial charge in [-0.25, -0.2) is 4.57 Å². The van der Waals surface area contributed by atoms with E-state index in [1.165, 1.54) is 25.7 Å². The van der Waals surface area contributed by atoms with Crippen molar-refractivity contribution in [2.24, 2.45) is 5.73 Å². The van der Waals surface area contributed by atoms with Crippen LogP contribution in [0.4, 0.5) is 0 Å². The van der Waals surface area contributed by atoms with Crippen molar-refractivity contribution in [3.05, 3.63) is 109 Å². The molecule has 0 spiro atoms. The number of esters is 1. The molecule has 0 saturated heterocycles.